The fourth-order valence-corrected chi connectivity index (χ4v) is 1.71. The van der Waals surface area contributed by atoms with Crippen molar-refractivity contribution in [3.05, 3.63) is 36.4 Å². The minimum absolute atomic E-state index is 0.110. The molecule has 88 valence electrons. The van der Waals surface area contributed by atoms with E-state index in [9.17, 15) is 4.79 Å². The van der Waals surface area contributed by atoms with Crippen molar-refractivity contribution in [3.8, 4) is 5.75 Å². The standard InChI is InChI=1S/C13H13NO2S/c1-16-12-5-3-9-6-11(14-13(15)8-17)4-2-10(9)7-12/h2-7,17H,8H2,1H3,(H,14,15). The average molecular weight is 247 g/mol. The zero-order valence-electron chi connectivity index (χ0n) is 9.43. The van der Waals surface area contributed by atoms with Gasteiger partial charge in [-0.3, -0.25) is 4.79 Å². The van der Waals surface area contributed by atoms with E-state index in [1.165, 1.54) is 0 Å². The summed E-state index contributed by atoms with van der Waals surface area (Å²) in [6, 6.07) is 11.6. The summed E-state index contributed by atoms with van der Waals surface area (Å²) in [5, 5.41) is 4.90. The number of nitrogens with one attached hydrogen (secondary N) is 1. The normalized spacial score (nSPS) is 10.2. The minimum atomic E-state index is -0.110. The maximum absolute atomic E-state index is 11.2. The van der Waals surface area contributed by atoms with Crippen LogP contribution in [0.3, 0.4) is 0 Å². The second-order valence-electron chi connectivity index (χ2n) is 3.63. The molecule has 0 saturated carbocycles. The van der Waals surface area contributed by atoms with Gasteiger partial charge in [-0.1, -0.05) is 12.1 Å². The van der Waals surface area contributed by atoms with Gasteiger partial charge in [0.2, 0.25) is 5.91 Å². The number of hydrogen-bond acceptors (Lipinski definition) is 3. The molecule has 0 bridgehead atoms. The van der Waals surface area contributed by atoms with E-state index in [4.69, 9.17) is 4.74 Å². The molecule has 0 atom stereocenters. The predicted octanol–water partition coefficient (Wildman–Crippen LogP) is 2.72. The molecule has 4 heteroatoms. The molecule has 17 heavy (non-hydrogen) atoms. The Balaban J connectivity index is 2.34. The molecule has 0 unspecified atom stereocenters. The highest BCUT2D eigenvalue weighted by molar-refractivity contribution is 7.81. The van der Waals surface area contributed by atoms with Crippen molar-refractivity contribution in [3.63, 3.8) is 0 Å². The summed E-state index contributed by atoms with van der Waals surface area (Å²) < 4.78 is 5.15. The first-order valence-corrected chi connectivity index (χ1v) is 5.84. The minimum Gasteiger partial charge on any atom is -0.497 e. The van der Waals surface area contributed by atoms with Crippen LogP contribution in [0.2, 0.25) is 0 Å². The Morgan fingerprint density at radius 3 is 2.65 bits per heavy atom. The third-order valence-electron chi connectivity index (χ3n) is 2.47. The van der Waals surface area contributed by atoms with Crippen LogP contribution < -0.4 is 10.1 Å². The second-order valence-corrected chi connectivity index (χ2v) is 3.95. The number of carbonyl (C=O) groups excluding carboxylic acids is 1. The Morgan fingerprint density at radius 1 is 1.24 bits per heavy atom. The number of thiol groups is 1. The van der Waals surface area contributed by atoms with Crippen molar-refractivity contribution in [2.75, 3.05) is 18.2 Å². The number of rotatable bonds is 3. The van der Waals surface area contributed by atoms with Gasteiger partial charge in [-0.05, 0) is 35.0 Å². The van der Waals surface area contributed by atoms with Crippen LogP contribution in [0, 0.1) is 0 Å². The fourth-order valence-electron chi connectivity index (χ4n) is 1.63. The number of amides is 1. The Bertz CT molecular complexity index is 554. The molecule has 0 saturated heterocycles. The van der Waals surface area contributed by atoms with Crippen molar-refractivity contribution in [2.24, 2.45) is 0 Å². The van der Waals surface area contributed by atoms with Crippen molar-refractivity contribution < 1.29 is 9.53 Å². The van der Waals surface area contributed by atoms with Gasteiger partial charge < -0.3 is 10.1 Å². The summed E-state index contributed by atoms with van der Waals surface area (Å²) in [6.07, 6.45) is 0. The topological polar surface area (TPSA) is 38.3 Å². The van der Waals surface area contributed by atoms with Crippen molar-refractivity contribution in [2.45, 2.75) is 0 Å². The summed E-state index contributed by atoms with van der Waals surface area (Å²) in [5.74, 6) is 0.895. The molecule has 0 radical (unpaired) electrons. The van der Waals surface area contributed by atoms with E-state index in [1.54, 1.807) is 7.11 Å². The summed E-state index contributed by atoms with van der Waals surface area (Å²) in [7, 11) is 1.64. The summed E-state index contributed by atoms with van der Waals surface area (Å²) in [5.41, 5.74) is 0.779. The van der Waals surface area contributed by atoms with Gasteiger partial charge in [0.25, 0.3) is 0 Å². The SMILES string of the molecule is COc1ccc2cc(NC(=O)CS)ccc2c1. The Hall–Kier alpha value is -1.68. The lowest BCUT2D eigenvalue weighted by Crippen LogP contribution is -2.12. The number of carbonyl (C=O) groups is 1. The highest BCUT2D eigenvalue weighted by atomic mass is 32.1. The average Bonchev–Trinajstić information content (AvgIpc) is 2.38. The molecular weight excluding hydrogens is 234 g/mol. The molecule has 0 aliphatic heterocycles. The number of methoxy groups -OCH3 is 1. The molecular formula is C13H13NO2S. The van der Waals surface area contributed by atoms with E-state index in [2.05, 4.69) is 17.9 Å². The van der Waals surface area contributed by atoms with Gasteiger partial charge in [0.15, 0.2) is 0 Å². The molecule has 0 spiro atoms. The van der Waals surface area contributed by atoms with Crippen LogP contribution in [0.25, 0.3) is 10.8 Å². The molecule has 2 aromatic carbocycles. The Morgan fingerprint density at radius 2 is 1.94 bits per heavy atom. The van der Waals surface area contributed by atoms with E-state index in [0.717, 1.165) is 22.2 Å². The third kappa shape index (κ3) is 2.71. The second kappa shape index (κ2) is 5.10. The largest absolute Gasteiger partial charge is 0.497 e. The van der Waals surface area contributed by atoms with Gasteiger partial charge >= 0.3 is 0 Å². The first-order valence-electron chi connectivity index (χ1n) is 5.21. The van der Waals surface area contributed by atoms with E-state index in [-0.39, 0.29) is 11.7 Å². The quantitative estimate of drug-likeness (QED) is 0.818. The van der Waals surface area contributed by atoms with Crippen molar-refractivity contribution in [1.82, 2.24) is 0 Å². The smallest absolute Gasteiger partial charge is 0.234 e. The highest BCUT2D eigenvalue weighted by Gasteiger charge is 2.01. The molecule has 3 nitrogen and oxygen atoms in total. The molecule has 0 aliphatic carbocycles. The first-order chi connectivity index (χ1) is 8.22. The number of anilines is 1. The van der Waals surface area contributed by atoms with Gasteiger partial charge in [-0.15, -0.1) is 0 Å². The predicted molar refractivity (Wildman–Crippen MR) is 73.0 cm³/mol. The number of hydrogen-bond donors (Lipinski definition) is 2. The van der Waals surface area contributed by atoms with Crippen LogP contribution in [0.1, 0.15) is 0 Å². The molecule has 1 N–H and O–H groups in total. The van der Waals surface area contributed by atoms with Crippen LogP contribution in [0.4, 0.5) is 5.69 Å². The van der Waals surface area contributed by atoms with Gasteiger partial charge in [-0.25, -0.2) is 0 Å². The third-order valence-corrected chi connectivity index (χ3v) is 2.76. The summed E-state index contributed by atoms with van der Waals surface area (Å²) in [4.78, 5) is 11.2. The fraction of sp³-hybridized carbons (Fsp3) is 0.154. The van der Waals surface area contributed by atoms with Crippen LogP contribution in [0.5, 0.6) is 5.75 Å². The lowest BCUT2D eigenvalue weighted by atomic mass is 10.1. The zero-order chi connectivity index (χ0) is 12.3. The zero-order valence-corrected chi connectivity index (χ0v) is 10.3. The van der Waals surface area contributed by atoms with Gasteiger partial charge in [0.05, 0.1) is 12.9 Å². The maximum atomic E-state index is 11.2. The van der Waals surface area contributed by atoms with Gasteiger partial charge in [-0.2, -0.15) is 12.6 Å². The summed E-state index contributed by atoms with van der Waals surface area (Å²) >= 11 is 3.92. The molecule has 0 fully saturated rings. The maximum Gasteiger partial charge on any atom is 0.234 e. The van der Waals surface area contributed by atoms with Crippen LogP contribution in [-0.2, 0) is 4.79 Å². The number of fused-ring (bicyclic) bond motifs is 1. The van der Waals surface area contributed by atoms with Crippen molar-refractivity contribution in [1.29, 1.82) is 0 Å². The van der Waals surface area contributed by atoms with E-state index in [0.29, 0.717) is 0 Å². The molecule has 0 aromatic heterocycles. The number of benzene rings is 2. The monoisotopic (exact) mass is 247 g/mol. The van der Waals surface area contributed by atoms with Gasteiger partial charge in [0.1, 0.15) is 5.75 Å². The summed E-state index contributed by atoms with van der Waals surface area (Å²) in [6.45, 7) is 0. The molecule has 2 rings (SSSR count). The Labute approximate surface area is 105 Å². The molecule has 0 aliphatic rings. The van der Waals surface area contributed by atoms with Crippen LogP contribution >= 0.6 is 12.6 Å². The highest BCUT2D eigenvalue weighted by Crippen LogP contribution is 2.23. The molecule has 1 amide bonds. The molecule has 2 aromatic rings. The van der Waals surface area contributed by atoms with Crippen molar-refractivity contribution >= 4 is 35.0 Å². The Kier molecular flexibility index (Phi) is 3.54. The van der Waals surface area contributed by atoms with Crippen LogP contribution in [0.15, 0.2) is 36.4 Å². The van der Waals surface area contributed by atoms with Crippen LogP contribution in [-0.4, -0.2) is 18.8 Å². The lowest BCUT2D eigenvalue weighted by Gasteiger charge is -2.06. The van der Waals surface area contributed by atoms with E-state index >= 15 is 0 Å². The lowest BCUT2D eigenvalue weighted by molar-refractivity contribution is -0.113. The van der Waals surface area contributed by atoms with E-state index < -0.39 is 0 Å². The first kappa shape index (κ1) is 11.8. The van der Waals surface area contributed by atoms with Gasteiger partial charge in [0, 0.05) is 5.69 Å². The number of ether oxygens (including phenoxy) is 1. The van der Waals surface area contributed by atoms with E-state index in [1.807, 2.05) is 36.4 Å². The molecule has 0 heterocycles.